The number of carbonyl (C=O) groups is 1. The normalized spacial score (nSPS) is 12.6. The molecule has 3 rings (SSSR count). The highest BCUT2D eigenvalue weighted by Crippen LogP contribution is 2.31. The van der Waals surface area contributed by atoms with E-state index in [9.17, 15) is 4.79 Å². The van der Waals surface area contributed by atoms with Crippen molar-refractivity contribution in [2.24, 2.45) is 0 Å². The van der Waals surface area contributed by atoms with E-state index in [1.807, 2.05) is 18.2 Å². The van der Waals surface area contributed by atoms with Gasteiger partial charge in [-0.3, -0.25) is 4.79 Å². The summed E-state index contributed by atoms with van der Waals surface area (Å²) in [6.07, 6.45) is 2.35. The molecular formula is C17H17ClN2O. The lowest BCUT2D eigenvalue weighted by Crippen LogP contribution is -2.11. The predicted octanol–water partition coefficient (Wildman–Crippen LogP) is 4.10. The molecule has 3 nitrogen and oxygen atoms in total. The summed E-state index contributed by atoms with van der Waals surface area (Å²) in [5.74, 6) is 0.279. The van der Waals surface area contributed by atoms with Crippen LogP contribution in [0.4, 0.5) is 17.1 Å². The number of hydrogen-bond acceptors (Lipinski definition) is 2. The van der Waals surface area contributed by atoms with Gasteiger partial charge in [0.15, 0.2) is 0 Å². The number of aryl methyl sites for hydroxylation is 2. The van der Waals surface area contributed by atoms with E-state index >= 15 is 0 Å². The number of fused-ring (bicyclic) bond motifs is 2. The van der Waals surface area contributed by atoms with Crippen LogP contribution in [0.15, 0.2) is 42.5 Å². The molecule has 0 bridgehead atoms. The SMILES string of the molecule is O=C(CCCl)Nc1ccc2c(c1)Nc1ccccc1CC2. The van der Waals surface area contributed by atoms with Crippen molar-refractivity contribution in [2.45, 2.75) is 19.3 Å². The van der Waals surface area contributed by atoms with Crippen LogP contribution in [-0.4, -0.2) is 11.8 Å². The number of halogens is 1. The zero-order valence-electron chi connectivity index (χ0n) is 11.7. The quantitative estimate of drug-likeness (QED) is 0.838. The minimum Gasteiger partial charge on any atom is -0.355 e. The summed E-state index contributed by atoms with van der Waals surface area (Å²) in [4.78, 5) is 11.6. The molecule has 1 aliphatic heterocycles. The molecule has 0 saturated carbocycles. The van der Waals surface area contributed by atoms with Crippen molar-refractivity contribution >= 4 is 34.6 Å². The number of nitrogens with one attached hydrogen (secondary N) is 2. The average Bonchev–Trinajstić information content (AvgIpc) is 2.66. The molecule has 2 aromatic carbocycles. The summed E-state index contributed by atoms with van der Waals surface area (Å²) in [7, 11) is 0. The van der Waals surface area contributed by atoms with Crippen LogP contribution in [0.3, 0.4) is 0 Å². The number of para-hydroxylation sites is 1. The molecule has 108 valence electrons. The summed E-state index contributed by atoms with van der Waals surface area (Å²) in [6, 6.07) is 14.3. The van der Waals surface area contributed by atoms with Gasteiger partial charge in [-0.25, -0.2) is 0 Å². The lowest BCUT2D eigenvalue weighted by atomic mass is 10.0. The van der Waals surface area contributed by atoms with E-state index in [0.717, 1.165) is 29.9 Å². The molecule has 0 saturated heterocycles. The lowest BCUT2D eigenvalue weighted by Gasteiger charge is -2.12. The first-order valence-electron chi connectivity index (χ1n) is 7.10. The number of benzene rings is 2. The summed E-state index contributed by atoms with van der Waals surface area (Å²) in [6.45, 7) is 0. The minimum absolute atomic E-state index is 0.0565. The zero-order valence-corrected chi connectivity index (χ0v) is 12.4. The third-order valence-corrected chi connectivity index (χ3v) is 3.85. The molecule has 1 heterocycles. The summed E-state index contributed by atoms with van der Waals surface area (Å²) < 4.78 is 0. The van der Waals surface area contributed by atoms with Gasteiger partial charge in [0, 0.05) is 29.4 Å². The number of alkyl halides is 1. The number of hydrogen-bond donors (Lipinski definition) is 2. The molecule has 0 radical (unpaired) electrons. The first-order chi connectivity index (χ1) is 10.3. The second-order valence-electron chi connectivity index (χ2n) is 5.14. The number of amides is 1. The second-order valence-corrected chi connectivity index (χ2v) is 5.52. The Labute approximate surface area is 129 Å². The van der Waals surface area contributed by atoms with Crippen LogP contribution in [0.5, 0.6) is 0 Å². The lowest BCUT2D eigenvalue weighted by molar-refractivity contribution is -0.115. The van der Waals surface area contributed by atoms with Gasteiger partial charge in [0.1, 0.15) is 0 Å². The standard InChI is InChI=1S/C17H17ClN2O/c18-10-9-17(21)19-14-8-7-13-6-5-12-3-1-2-4-15(12)20-16(13)11-14/h1-4,7-8,11,20H,5-6,9-10H2,(H,19,21). The van der Waals surface area contributed by atoms with Gasteiger partial charge in [0.05, 0.1) is 0 Å². The summed E-state index contributed by atoms with van der Waals surface area (Å²) in [5.41, 5.74) is 5.59. The zero-order chi connectivity index (χ0) is 14.7. The van der Waals surface area contributed by atoms with Crippen molar-refractivity contribution in [3.05, 3.63) is 53.6 Å². The molecule has 0 atom stereocenters. The van der Waals surface area contributed by atoms with Gasteiger partial charge in [-0.05, 0) is 42.2 Å². The summed E-state index contributed by atoms with van der Waals surface area (Å²) >= 11 is 5.58. The highest BCUT2D eigenvalue weighted by molar-refractivity contribution is 6.19. The first-order valence-corrected chi connectivity index (χ1v) is 7.63. The first kappa shape index (κ1) is 14.0. The van der Waals surface area contributed by atoms with E-state index in [-0.39, 0.29) is 5.91 Å². The Hall–Kier alpha value is -2.00. The topological polar surface area (TPSA) is 41.1 Å². The van der Waals surface area contributed by atoms with Crippen molar-refractivity contribution in [1.29, 1.82) is 0 Å². The molecule has 0 fully saturated rings. The minimum atomic E-state index is -0.0565. The van der Waals surface area contributed by atoms with Crippen LogP contribution in [0.25, 0.3) is 0 Å². The maximum Gasteiger partial charge on any atom is 0.225 e. The van der Waals surface area contributed by atoms with Crippen molar-refractivity contribution < 1.29 is 4.79 Å². The average molecular weight is 301 g/mol. The smallest absolute Gasteiger partial charge is 0.225 e. The molecule has 0 aromatic heterocycles. The van der Waals surface area contributed by atoms with Crippen LogP contribution >= 0.6 is 11.6 Å². The van der Waals surface area contributed by atoms with Crippen LogP contribution < -0.4 is 10.6 Å². The Kier molecular flexibility index (Phi) is 4.11. The highest BCUT2D eigenvalue weighted by Gasteiger charge is 2.13. The Morgan fingerprint density at radius 1 is 1.10 bits per heavy atom. The molecule has 2 aromatic rings. The fourth-order valence-electron chi connectivity index (χ4n) is 2.57. The number of anilines is 3. The van der Waals surface area contributed by atoms with Gasteiger partial charge >= 0.3 is 0 Å². The van der Waals surface area contributed by atoms with Crippen molar-refractivity contribution in [1.82, 2.24) is 0 Å². The molecule has 1 aliphatic rings. The Morgan fingerprint density at radius 2 is 1.86 bits per heavy atom. The van der Waals surface area contributed by atoms with Gasteiger partial charge in [-0.1, -0.05) is 24.3 Å². The Balaban J connectivity index is 1.86. The van der Waals surface area contributed by atoms with Gasteiger partial charge in [0.2, 0.25) is 5.91 Å². The van der Waals surface area contributed by atoms with E-state index in [4.69, 9.17) is 11.6 Å². The molecule has 21 heavy (non-hydrogen) atoms. The Morgan fingerprint density at radius 3 is 2.67 bits per heavy atom. The van der Waals surface area contributed by atoms with Gasteiger partial charge in [0.25, 0.3) is 0 Å². The predicted molar refractivity (Wildman–Crippen MR) is 87.5 cm³/mol. The number of rotatable bonds is 3. The maximum atomic E-state index is 11.6. The van der Waals surface area contributed by atoms with Crippen LogP contribution in [-0.2, 0) is 17.6 Å². The van der Waals surface area contributed by atoms with Gasteiger partial charge in [-0.15, -0.1) is 11.6 Å². The molecule has 1 amide bonds. The fourth-order valence-corrected chi connectivity index (χ4v) is 2.74. The maximum absolute atomic E-state index is 11.6. The van der Waals surface area contributed by atoms with E-state index in [0.29, 0.717) is 12.3 Å². The van der Waals surface area contributed by atoms with E-state index < -0.39 is 0 Å². The second kappa shape index (κ2) is 6.19. The van der Waals surface area contributed by atoms with Crippen molar-refractivity contribution in [3.8, 4) is 0 Å². The van der Waals surface area contributed by atoms with E-state index in [2.05, 4.69) is 34.9 Å². The fraction of sp³-hybridized carbons (Fsp3) is 0.235. The Bertz CT molecular complexity index is 670. The highest BCUT2D eigenvalue weighted by atomic mass is 35.5. The summed E-state index contributed by atoms with van der Waals surface area (Å²) in [5, 5.41) is 6.35. The molecular weight excluding hydrogens is 284 g/mol. The van der Waals surface area contributed by atoms with Crippen LogP contribution in [0, 0.1) is 0 Å². The molecule has 2 N–H and O–H groups in total. The monoisotopic (exact) mass is 300 g/mol. The molecule has 0 aliphatic carbocycles. The largest absolute Gasteiger partial charge is 0.355 e. The van der Waals surface area contributed by atoms with Crippen molar-refractivity contribution in [3.63, 3.8) is 0 Å². The van der Waals surface area contributed by atoms with E-state index in [1.165, 1.54) is 11.1 Å². The van der Waals surface area contributed by atoms with Crippen molar-refractivity contribution in [2.75, 3.05) is 16.5 Å². The van der Waals surface area contributed by atoms with Crippen LogP contribution in [0.2, 0.25) is 0 Å². The molecule has 0 unspecified atom stereocenters. The molecule has 0 spiro atoms. The number of carbonyl (C=O) groups excluding carboxylic acids is 1. The van der Waals surface area contributed by atoms with Gasteiger partial charge < -0.3 is 10.6 Å². The third-order valence-electron chi connectivity index (χ3n) is 3.67. The third kappa shape index (κ3) is 3.19. The van der Waals surface area contributed by atoms with Gasteiger partial charge in [-0.2, -0.15) is 0 Å². The van der Waals surface area contributed by atoms with Crippen LogP contribution in [0.1, 0.15) is 17.5 Å². The molecule has 4 heteroatoms. The van der Waals surface area contributed by atoms with E-state index in [1.54, 1.807) is 0 Å².